The Balaban J connectivity index is 3.72. The van der Waals surface area contributed by atoms with E-state index in [2.05, 4.69) is 0 Å². The number of aliphatic hydroxyl groups is 2. The molecule has 2 atom stereocenters. The van der Waals surface area contributed by atoms with Crippen molar-refractivity contribution >= 4 is 0 Å². The summed E-state index contributed by atoms with van der Waals surface area (Å²) in [4.78, 5) is 0. The minimum atomic E-state index is -7.10. The molecule has 0 radical (unpaired) electrons. The second-order valence-electron chi connectivity index (χ2n) is 3.54. The predicted octanol–water partition coefficient (Wildman–Crippen LogP) is 1.86. The molecule has 1 aliphatic carbocycles. The summed E-state index contributed by atoms with van der Waals surface area (Å²) in [5.41, 5.74) is 0. The standard InChI is InChI=1S/C6H2F10O2/c7-1(8)2(9,10)5(15,17)4(13,14)6(16,18)3(1,11)12/h17-18H. The molecule has 12 heteroatoms. The van der Waals surface area contributed by atoms with E-state index in [4.69, 9.17) is 10.2 Å². The van der Waals surface area contributed by atoms with Crippen LogP contribution < -0.4 is 0 Å². The summed E-state index contributed by atoms with van der Waals surface area (Å²) in [6, 6.07) is 0. The highest BCUT2D eigenvalue weighted by Crippen LogP contribution is 2.67. The average molecular weight is 296 g/mol. The van der Waals surface area contributed by atoms with Crippen LogP contribution >= 0.6 is 0 Å². The van der Waals surface area contributed by atoms with Gasteiger partial charge in [-0.25, -0.2) is 0 Å². The number of halogens is 10. The second-order valence-corrected chi connectivity index (χ2v) is 3.54. The Bertz CT molecular complexity index is 256. The summed E-state index contributed by atoms with van der Waals surface area (Å²) in [6.45, 7) is 0. The van der Waals surface area contributed by atoms with Gasteiger partial charge in [0.25, 0.3) is 0 Å². The fraction of sp³-hybridized carbons (Fsp3) is 1.00. The predicted molar refractivity (Wildman–Crippen MR) is 31.9 cm³/mol. The van der Waals surface area contributed by atoms with Crippen molar-refractivity contribution < 1.29 is 54.1 Å². The maximum atomic E-state index is 12.6. The van der Waals surface area contributed by atoms with Gasteiger partial charge >= 0.3 is 35.4 Å². The zero-order valence-electron chi connectivity index (χ0n) is 7.67. The molecule has 0 aliphatic heterocycles. The normalized spacial score (nSPS) is 44.7. The van der Waals surface area contributed by atoms with E-state index in [0.717, 1.165) is 0 Å². The van der Waals surface area contributed by atoms with Crippen LogP contribution in [-0.2, 0) is 0 Å². The summed E-state index contributed by atoms with van der Waals surface area (Å²) in [5.74, 6) is -41.6. The summed E-state index contributed by atoms with van der Waals surface area (Å²) < 4.78 is 125. The van der Waals surface area contributed by atoms with Gasteiger partial charge in [0.2, 0.25) is 0 Å². The third kappa shape index (κ3) is 1.09. The minimum absolute atomic E-state index is 6.73. The number of hydrogen-bond acceptors (Lipinski definition) is 2. The van der Waals surface area contributed by atoms with Crippen LogP contribution in [0.15, 0.2) is 0 Å². The van der Waals surface area contributed by atoms with Crippen LogP contribution in [0.25, 0.3) is 0 Å². The molecular formula is C6H2F10O2. The quantitative estimate of drug-likeness (QED) is 0.670. The Labute approximate surface area is 90.8 Å². The van der Waals surface area contributed by atoms with E-state index < -0.39 is 35.4 Å². The Morgan fingerprint density at radius 2 is 0.611 bits per heavy atom. The molecule has 1 fully saturated rings. The lowest BCUT2D eigenvalue weighted by atomic mass is 9.78. The van der Waals surface area contributed by atoms with E-state index in [1.54, 1.807) is 0 Å². The molecule has 0 aromatic carbocycles. The molecule has 0 saturated heterocycles. The highest BCUT2D eigenvalue weighted by atomic mass is 19.4. The SMILES string of the molecule is OC1(F)C(F)(F)C(O)(F)C(F)(F)C(F)(F)C1(F)F. The molecule has 0 amide bonds. The van der Waals surface area contributed by atoms with Crippen LogP contribution in [-0.4, -0.2) is 45.6 Å². The first-order valence-corrected chi connectivity index (χ1v) is 3.84. The van der Waals surface area contributed by atoms with Crippen molar-refractivity contribution in [2.45, 2.75) is 35.4 Å². The molecule has 2 nitrogen and oxygen atoms in total. The van der Waals surface area contributed by atoms with Crippen LogP contribution in [0.3, 0.4) is 0 Å². The molecule has 0 heterocycles. The van der Waals surface area contributed by atoms with Gasteiger partial charge in [0.05, 0.1) is 0 Å². The van der Waals surface area contributed by atoms with Crippen molar-refractivity contribution in [2.24, 2.45) is 0 Å². The Morgan fingerprint density at radius 1 is 0.389 bits per heavy atom. The highest BCUT2D eigenvalue weighted by Gasteiger charge is 3.00. The first kappa shape index (κ1) is 15.3. The molecule has 0 aromatic rings. The molecule has 0 bridgehead atoms. The smallest absolute Gasteiger partial charge is 0.352 e. The largest absolute Gasteiger partial charge is 0.384 e. The molecule has 0 spiro atoms. The van der Waals surface area contributed by atoms with E-state index in [0.29, 0.717) is 0 Å². The summed E-state index contributed by atoms with van der Waals surface area (Å²) in [5, 5.41) is 15.9. The maximum absolute atomic E-state index is 12.6. The third-order valence-corrected chi connectivity index (χ3v) is 2.45. The van der Waals surface area contributed by atoms with Crippen molar-refractivity contribution in [2.75, 3.05) is 0 Å². The summed E-state index contributed by atoms with van der Waals surface area (Å²) in [6.07, 6.45) is 0. The average Bonchev–Trinajstić information content (AvgIpc) is 2.14. The van der Waals surface area contributed by atoms with Crippen molar-refractivity contribution in [3.05, 3.63) is 0 Å². The molecular weight excluding hydrogens is 294 g/mol. The van der Waals surface area contributed by atoms with E-state index in [9.17, 15) is 43.9 Å². The molecule has 18 heavy (non-hydrogen) atoms. The van der Waals surface area contributed by atoms with Crippen molar-refractivity contribution in [3.63, 3.8) is 0 Å². The first-order chi connectivity index (χ1) is 7.50. The molecule has 2 unspecified atom stereocenters. The molecule has 1 rings (SSSR count). The molecule has 1 aliphatic rings. The van der Waals surface area contributed by atoms with Gasteiger partial charge in [-0.05, 0) is 0 Å². The Morgan fingerprint density at radius 3 is 0.833 bits per heavy atom. The van der Waals surface area contributed by atoms with Crippen molar-refractivity contribution in [1.29, 1.82) is 0 Å². The Hall–Kier alpha value is -0.780. The Kier molecular flexibility index (Phi) is 2.57. The highest BCUT2D eigenvalue weighted by molar-refractivity contribution is 5.22. The van der Waals surface area contributed by atoms with Crippen LogP contribution in [0.4, 0.5) is 43.9 Å². The van der Waals surface area contributed by atoms with Crippen LogP contribution in [0.1, 0.15) is 0 Å². The van der Waals surface area contributed by atoms with Gasteiger partial charge in [-0.2, -0.15) is 43.9 Å². The van der Waals surface area contributed by atoms with Crippen LogP contribution in [0.5, 0.6) is 0 Å². The molecule has 0 aromatic heterocycles. The summed E-state index contributed by atoms with van der Waals surface area (Å²) >= 11 is 0. The zero-order valence-corrected chi connectivity index (χ0v) is 7.67. The summed E-state index contributed by atoms with van der Waals surface area (Å²) in [7, 11) is 0. The number of rotatable bonds is 0. The van der Waals surface area contributed by atoms with E-state index in [-0.39, 0.29) is 0 Å². The molecule has 2 N–H and O–H groups in total. The number of hydrogen-bond donors (Lipinski definition) is 2. The fourth-order valence-corrected chi connectivity index (χ4v) is 1.23. The van der Waals surface area contributed by atoms with Gasteiger partial charge in [0.15, 0.2) is 0 Å². The third-order valence-electron chi connectivity index (χ3n) is 2.45. The zero-order chi connectivity index (χ0) is 15.0. The first-order valence-electron chi connectivity index (χ1n) is 3.84. The maximum Gasteiger partial charge on any atom is 0.384 e. The van der Waals surface area contributed by atoms with Gasteiger partial charge in [0.1, 0.15) is 0 Å². The van der Waals surface area contributed by atoms with Gasteiger partial charge < -0.3 is 10.2 Å². The lowest BCUT2D eigenvalue weighted by molar-refractivity contribution is -0.531. The monoisotopic (exact) mass is 296 g/mol. The van der Waals surface area contributed by atoms with Crippen molar-refractivity contribution in [1.82, 2.24) is 0 Å². The van der Waals surface area contributed by atoms with Crippen LogP contribution in [0.2, 0.25) is 0 Å². The van der Waals surface area contributed by atoms with E-state index >= 15 is 0 Å². The van der Waals surface area contributed by atoms with Gasteiger partial charge in [0, 0.05) is 0 Å². The number of alkyl halides is 10. The van der Waals surface area contributed by atoms with Gasteiger partial charge in [-0.3, -0.25) is 0 Å². The van der Waals surface area contributed by atoms with Gasteiger partial charge in [-0.15, -0.1) is 0 Å². The lowest BCUT2D eigenvalue weighted by Crippen LogP contribution is -2.84. The fourth-order valence-electron chi connectivity index (χ4n) is 1.23. The van der Waals surface area contributed by atoms with Gasteiger partial charge in [-0.1, -0.05) is 0 Å². The molecule has 1 saturated carbocycles. The van der Waals surface area contributed by atoms with E-state index in [1.807, 2.05) is 0 Å². The topological polar surface area (TPSA) is 40.5 Å². The van der Waals surface area contributed by atoms with Crippen LogP contribution in [0, 0.1) is 0 Å². The lowest BCUT2D eigenvalue weighted by Gasteiger charge is -2.51. The van der Waals surface area contributed by atoms with Crippen molar-refractivity contribution in [3.8, 4) is 0 Å². The molecule has 108 valence electrons. The van der Waals surface area contributed by atoms with E-state index in [1.165, 1.54) is 0 Å². The second kappa shape index (κ2) is 3.03. The minimum Gasteiger partial charge on any atom is -0.352 e.